The van der Waals surface area contributed by atoms with Gasteiger partial charge in [-0.05, 0) is 18.2 Å². The molecule has 0 atom stereocenters. The molecule has 0 aliphatic carbocycles. The lowest BCUT2D eigenvalue weighted by atomic mass is 10.2. The summed E-state index contributed by atoms with van der Waals surface area (Å²) in [6.07, 6.45) is 5.27. The van der Waals surface area contributed by atoms with Gasteiger partial charge in [0, 0.05) is 30.2 Å². The molecule has 0 saturated heterocycles. The largest absolute Gasteiger partial charge is 0.384 e. The second kappa shape index (κ2) is 3.30. The Balaban J connectivity index is 2.19. The van der Waals surface area contributed by atoms with E-state index in [0.717, 1.165) is 16.9 Å². The van der Waals surface area contributed by atoms with Crippen LogP contribution in [0, 0.1) is 0 Å². The van der Waals surface area contributed by atoms with Crippen molar-refractivity contribution in [2.75, 3.05) is 5.73 Å². The van der Waals surface area contributed by atoms with Gasteiger partial charge in [-0.3, -0.25) is 4.98 Å². The molecule has 3 aromatic rings. The molecule has 3 rings (SSSR count). The quantitative estimate of drug-likeness (QED) is 0.660. The fraction of sp³-hybridized carbons (Fsp3) is 0. The summed E-state index contributed by atoms with van der Waals surface area (Å²) in [4.78, 5) is 8.15. The van der Waals surface area contributed by atoms with Crippen molar-refractivity contribution in [3.8, 4) is 11.3 Å². The fourth-order valence-corrected chi connectivity index (χ4v) is 1.56. The highest BCUT2D eigenvalue weighted by Crippen LogP contribution is 2.17. The van der Waals surface area contributed by atoms with Crippen LogP contribution in [0.3, 0.4) is 0 Å². The highest BCUT2D eigenvalue weighted by Gasteiger charge is 2.04. The van der Waals surface area contributed by atoms with E-state index in [1.165, 1.54) is 0 Å². The van der Waals surface area contributed by atoms with Crippen LogP contribution < -0.4 is 5.73 Å². The Morgan fingerprint density at radius 2 is 1.94 bits per heavy atom. The van der Waals surface area contributed by atoms with Crippen LogP contribution in [0.25, 0.3) is 16.9 Å². The lowest BCUT2D eigenvalue weighted by Crippen LogP contribution is -1.94. The van der Waals surface area contributed by atoms with Gasteiger partial charge in [0.25, 0.3) is 0 Å². The number of aromatic nitrogens is 4. The maximum Gasteiger partial charge on any atom is 0.157 e. The van der Waals surface area contributed by atoms with Gasteiger partial charge in [-0.1, -0.05) is 0 Å². The van der Waals surface area contributed by atoms with Crippen molar-refractivity contribution in [3.63, 3.8) is 0 Å². The summed E-state index contributed by atoms with van der Waals surface area (Å²) in [6, 6.07) is 7.43. The van der Waals surface area contributed by atoms with Gasteiger partial charge in [0.1, 0.15) is 5.82 Å². The first-order valence-electron chi connectivity index (χ1n) is 4.85. The molecule has 0 saturated carbocycles. The average molecular weight is 211 g/mol. The Bertz CT molecular complexity index is 629. The smallest absolute Gasteiger partial charge is 0.157 e. The van der Waals surface area contributed by atoms with Crippen LogP contribution in [-0.4, -0.2) is 19.6 Å². The van der Waals surface area contributed by atoms with Crippen molar-refractivity contribution >= 4 is 11.5 Å². The molecule has 0 aliphatic heterocycles. The van der Waals surface area contributed by atoms with Crippen LogP contribution in [0.2, 0.25) is 0 Å². The number of nitrogen functional groups attached to an aromatic ring is 1. The minimum absolute atomic E-state index is 0.494. The Morgan fingerprint density at radius 1 is 1.12 bits per heavy atom. The van der Waals surface area contributed by atoms with Gasteiger partial charge in [-0.2, -0.15) is 5.10 Å². The number of nitrogens with two attached hydrogens (primary N) is 1. The third-order valence-electron chi connectivity index (χ3n) is 2.32. The average Bonchev–Trinajstić information content (AvgIpc) is 2.73. The van der Waals surface area contributed by atoms with Gasteiger partial charge in [0.15, 0.2) is 5.65 Å². The minimum Gasteiger partial charge on any atom is -0.384 e. The van der Waals surface area contributed by atoms with E-state index in [1.54, 1.807) is 29.2 Å². The maximum atomic E-state index is 5.61. The summed E-state index contributed by atoms with van der Waals surface area (Å²) >= 11 is 0. The van der Waals surface area contributed by atoms with Crippen molar-refractivity contribution in [1.82, 2.24) is 19.6 Å². The molecule has 78 valence electrons. The van der Waals surface area contributed by atoms with Gasteiger partial charge in [-0.15, -0.1) is 0 Å². The monoisotopic (exact) mass is 211 g/mol. The molecular formula is C11H9N5. The fourth-order valence-electron chi connectivity index (χ4n) is 1.56. The second-order valence-electron chi connectivity index (χ2n) is 3.42. The number of rotatable bonds is 1. The third kappa shape index (κ3) is 1.38. The first kappa shape index (κ1) is 8.84. The van der Waals surface area contributed by atoms with Crippen LogP contribution in [0.15, 0.2) is 42.9 Å². The van der Waals surface area contributed by atoms with Gasteiger partial charge < -0.3 is 5.73 Å². The van der Waals surface area contributed by atoms with E-state index in [1.807, 2.05) is 18.2 Å². The first-order valence-corrected chi connectivity index (χ1v) is 4.85. The van der Waals surface area contributed by atoms with E-state index in [-0.39, 0.29) is 0 Å². The Labute approximate surface area is 91.6 Å². The zero-order valence-corrected chi connectivity index (χ0v) is 8.41. The van der Waals surface area contributed by atoms with Gasteiger partial charge >= 0.3 is 0 Å². The second-order valence-corrected chi connectivity index (χ2v) is 3.42. The van der Waals surface area contributed by atoms with Crippen molar-refractivity contribution in [2.45, 2.75) is 0 Å². The van der Waals surface area contributed by atoms with Crippen LogP contribution in [0.5, 0.6) is 0 Å². The van der Waals surface area contributed by atoms with Crippen molar-refractivity contribution < 1.29 is 0 Å². The molecule has 0 radical (unpaired) electrons. The molecule has 2 N–H and O–H groups in total. The Hall–Kier alpha value is -2.43. The molecule has 0 amide bonds. The van der Waals surface area contributed by atoms with Crippen molar-refractivity contribution in [2.24, 2.45) is 0 Å². The molecule has 0 unspecified atom stereocenters. The van der Waals surface area contributed by atoms with E-state index < -0.39 is 0 Å². The predicted octanol–water partition coefficient (Wildman–Crippen LogP) is 1.37. The maximum absolute atomic E-state index is 5.61. The summed E-state index contributed by atoms with van der Waals surface area (Å²) < 4.78 is 1.70. The zero-order valence-electron chi connectivity index (χ0n) is 8.41. The summed E-state index contributed by atoms with van der Waals surface area (Å²) in [5, 5.41) is 4.39. The van der Waals surface area contributed by atoms with Gasteiger partial charge in [0.2, 0.25) is 0 Å². The highest BCUT2D eigenvalue weighted by atomic mass is 15.2. The first-order chi connectivity index (χ1) is 7.83. The molecular weight excluding hydrogens is 202 g/mol. The van der Waals surface area contributed by atoms with E-state index in [2.05, 4.69) is 15.1 Å². The molecule has 16 heavy (non-hydrogen) atoms. The molecule has 0 fully saturated rings. The van der Waals surface area contributed by atoms with E-state index in [4.69, 9.17) is 5.73 Å². The number of hydrogen-bond acceptors (Lipinski definition) is 4. The summed E-state index contributed by atoms with van der Waals surface area (Å²) in [7, 11) is 0. The number of fused-ring (bicyclic) bond motifs is 1. The SMILES string of the molecule is Nc1ccn2nc(-c3ccncc3)cc2n1. The normalized spacial score (nSPS) is 10.8. The molecule has 0 spiro atoms. The van der Waals surface area contributed by atoms with Crippen LogP contribution in [0.4, 0.5) is 5.82 Å². The van der Waals surface area contributed by atoms with E-state index in [9.17, 15) is 0 Å². The molecule has 0 aliphatic rings. The number of hydrogen-bond donors (Lipinski definition) is 1. The van der Waals surface area contributed by atoms with Crippen LogP contribution >= 0.6 is 0 Å². The van der Waals surface area contributed by atoms with Crippen LogP contribution in [0.1, 0.15) is 0 Å². The van der Waals surface area contributed by atoms with Gasteiger partial charge in [-0.25, -0.2) is 9.50 Å². The van der Waals surface area contributed by atoms with Crippen molar-refractivity contribution in [3.05, 3.63) is 42.9 Å². The molecule has 0 aromatic carbocycles. The van der Waals surface area contributed by atoms with E-state index in [0.29, 0.717) is 5.82 Å². The number of anilines is 1. The summed E-state index contributed by atoms with van der Waals surface area (Å²) in [6.45, 7) is 0. The molecule has 5 nitrogen and oxygen atoms in total. The third-order valence-corrected chi connectivity index (χ3v) is 2.32. The molecule has 0 bridgehead atoms. The van der Waals surface area contributed by atoms with Crippen LogP contribution in [-0.2, 0) is 0 Å². The minimum atomic E-state index is 0.494. The molecule has 3 aromatic heterocycles. The Kier molecular flexibility index (Phi) is 1.83. The highest BCUT2D eigenvalue weighted by molar-refractivity contribution is 5.63. The predicted molar refractivity (Wildman–Crippen MR) is 60.6 cm³/mol. The Morgan fingerprint density at radius 3 is 2.75 bits per heavy atom. The lowest BCUT2D eigenvalue weighted by molar-refractivity contribution is 0.945. The van der Waals surface area contributed by atoms with Gasteiger partial charge in [0.05, 0.1) is 5.69 Å². The zero-order chi connectivity index (χ0) is 11.0. The lowest BCUT2D eigenvalue weighted by Gasteiger charge is -1.93. The topological polar surface area (TPSA) is 69.1 Å². The molecule has 3 heterocycles. The summed E-state index contributed by atoms with van der Waals surface area (Å²) in [5.74, 6) is 0.494. The number of nitrogens with zero attached hydrogens (tertiary/aromatic N) is 4. The van der Waals surface area contributed by atoms with Crippen molar-refractivity contribution in [1.29, 1.82) is 0 Å². The summed E-state index contributed by atoms with van der Waals surface area (Å²) in [5.41, 5.74) is 8.23. The number of pyridine rings is 1. The standard InChI is InChI=1S/C11H9N5/c12-10-3-6-16-11(14-10)7-9(15-16)8-1-4-13-5-2-8/h1-7H,(H2,12,14). The molecule has 5 heteroatoms. The van der Waals surface area contributed by atoms with E-state index >= 15 is 0 Å².